The summed E-state index contributed by atoms with van der Waals surface area (Å²) in [5, 5.41) is 32.9. The average molecular weight is 331 g/mol. The molecule has 0 saturated carbocycles. The molecule has 0 fully saturated rings. The van der Waals surface area contributed by atoms with Gasteiger partial charge in [0.25, 0.3) is 5.91 Å². The van der Waals surface area contributed by atoms with Gasteiger partial charge in [0.2, 0.25) is 5.91 Å². The molecule has 0 aliphatic heterocycles. The Morgan fingerprint density at radius 3 is 2.54 bits per heavy atom. The van der Waals surface area contributed by atoms with Crippen molar-refractivity contribution in [1.29, 1.82) is 5.26 Å². The molecule has 0 aliphatic carbocycles. The number of nitrogens with zero attached hydrogens (tertiary/aromatic N) is 1. The summed E-state index contributed by atoms with van der Waals surface area (Å²) in [5.41, 5.74) is 0.231. The van der Waals surface area contributed by atoms with Gasteiger partial charge in [0.1, 0.15) is 11.6 Å². The van der Waals surface area contributed by atoms with Gasteiger partial charge in [-0.2, -0.15) is 5.26 Å². The molecular formula is C17H21N3O4. The second kappa shape index (κ2) is 9.20. The van der Waals surface area contributed by atoms with E-state index >= 15 is 0 Å². The largest absolute Gasteiger partial charge is 0.504 e. The smallest absolute Gasteiger partial charge is 0.261 e. The Morgan fingerprint density at radius 2 is 1.96 bits per heavy atom. The van der Waals surface area contributed by atoms with Crippen LogP contribution in [0.25, 0.3) is 6.08 Å². The fourth-order valence-electron chi connectivity index (χ4n) is 1.74. The zero-order valence-electron chi connectivity index (χ0n) is 13.7. The van der Waals surface area contributed by atoms with Crippen molar-refractivity contribution < 1.29 is 19.8 Å². The number of nitriles is 1. The summed E-state index contributed by atoms with van der Waals surface area (Å²) in [6.45, 7) is 4.64. The fraction of sp³-hybridized carbons (Fsp3) is 0.353. The van der Waals surface area contributed by atoms with Crippen molar-refractivity contribution in [2.45, 2.75) is 20.3 Å². The molecule has 128 valence electrons. The van der Waals surface area contributed by atoms with E-state index in [1.807, 2.05) is 13.8 Å². The van der Waals surface area contributed by atoms with Crippen LogP contribution >= 0.6 is 0 Å². The molecule has 0 aromatic heterocycles. The SMILES string of the molecule is CC(C)CNC(=O)CCNC(=O)/C(C#N)=C/c1ccc(O)c(O)c1. The molecule has 0 unspecified atom stereocenters. The Balaban J connectivity index is 2.58. The maximum absolute atomic E-state index is 11.9. The van der Waals surface area contributed by atoms with Crippen LogP contribution in [0.2, 0.25) is 0 Å². The summed E-state index contributed by atoms with van der Waals surface area (Å²) < 4.78 is 0. The zero-order chi connectivity index (χ0) is 18.1. The molecule has 2 amide bonds. The Labute approximate surface area is 140 Å². The number of carbonyl (C=O) groups excluding carboxylic acids is 2. The molecule has 0 radical (unpaired) electrons. The molecule has 0 heterocycles. The van der Waals surface area contributed by atoms with Crippen molar-refractivity contribution in [2.24, 2.45) is 5.92 Å². The Kier molecular flexibility index (Phi) is 7.30. The second-order valence-corrected chi connectivity index (χ2v) is 5.62. The monoisotopic (exact) mass is 331 g/mol. The van der Waals surface area contributed by atoms with Crippen LogP contribution in [0.3, 0.4) is 0 Å². The number of rotatable bonds is 7. The van der Waals surface area contributed by atoms with Crippen molar-refractivity contribution in [3.05, 3.63) is 29.3 Å². The first kappa shape index (κ1) is 19.0. The van der Waals surface area contributed by atoms with E-state index in [1.54, 1.807) is 6.07 Å². The molecule has 7 nitrogen and oxygen atoms in total. The van der Waals surface area contributed by atoms with Gasteiger partial charge in [0, 0.05) is 19.5 Å². The summed E-state index contributed by atoms with van der Waals surface area (Å²) in [6, 6.07) is 5.72. The molecule has 7 heteroatoms. The predicted octanol–water partition coefficient (Wildman–Crippen LogP) is 1.28. The molecule has 0 atom stereocenters. The predicted molar refractivity (Wildman–Crippen MR) is 88.8 cm³/mol. The fourth-order valence-corrected chi connectivity index (χ4v) is 1.74. The van der Waals surface area contributed by atoms with Crippen LogP contribution in [0, 0.1) is 17.2 Å². The first-order valence-corrected chi connectivity index (χ1v) is 7.52. The van der Waals surface area contributed by atoms with Gasteiger partial charge < -0.3 is 20.8 Å². The number of aromatic hydroxyl groups is 2. The lowest BCUT2D eigenvalue weighted by atomic mass is 10.1. The number of phenols is 2. The minimum absolute atomic E-state index is 0.114. The van der Waals surface area contributed by atoms with Crippen LogP contribution in [0.1, 0.15) is 25.8 Å². The summed E-state index contributed by atoms with van der Waals surface area (Å²) in [4.78, 5) is 23.5. The van der Waals surface area contributed by atoms with Crippen molar-refractivity contribution in [3.63, 3.8) is 0 Å². The summed E-state index contributed by atoms with van der Waals surface area (Å²) >= 11 is 0. The first-order chi connectivity index (χ1) is 11.3. The molecule has 1 aromatic carbocycles. The number of benzene rings is 1. The van der Waals surface area contributed by atoms with Crippen LogP contribution < -0.4 is 10.6 Å². The minimum Gasteiger partial charge on any atom is -0.504 e. The standard InChI is InChI=1S/C17H21N3O4/c1-11(2)10-20-16(23)5-6-19-17(24)13(9-18)7-12-3-4-14(21)15(22)8-12/h3-4,7-8,11,21-22H,5-6,10H2,1-2H3,(H,19,24)(H,20,23)/b13-7+. The third kappa shape index (κ3) is 6.40. The second-order valence-electron chi connectivity index (χ2n) is 5.62. The van der Waals surface area contributed by atoms with Gasteiger partial charge in [0.05, 0.1) is 0 Å². The highest BCUT2D eigenvalue weighted by Crippen LogP contribution is 2.25. The lowest BCUT2D eigenvalue weighted by Gasteiger charge is -2.08. The summed E-state index contributed by atoms with van der Waals surface area (Å²) in [7, 11) is 0. The van der Waals surface area contributed by atoms with Crippen LogP contribution in [-0.2, 0) is 9.59 Å². The number of phenolic OH excluding ortho intramolecular Hbond substituents is 2. The normalized spacial score (nSPS) is 11.0. The number of carbonyl (C=O) groups is 2. The van der Waals surface area contributed by atoms with Gasteiger partial charge in [-0.1, -0.05) is 19.9 Å². The molecule has 24 heavy (non-hydrogen) atoms. The maximum Gasteiger partial charge on any atom is 0.261 e. The average Bonchev–Trinajstić information content (AvgIpc) is 2.53. The number of nitrogens with one attached hydrogen (secondary N) is 2. The molecule has 1 rings (SSSR count). The highest BCUT2D eigenvalue weighted by atomic mass is 16.3. The van der Waals surface area contributed by atoms with Crippen molar-refractivity contribution in [3.8, 4) is 17.6 Å². The number of hydrogen-bond donors (Lipinski definition) is 4. The third-order valence-electron chi connectivity index (χ3n) is 3.02. The van der Waals surface area contributed by atoms with Gasteiger partial charge in [-0.05, 0) is 29.7 Å². The molecule has 0 aliphatic rings. The maximum atomic E-state index is 11.9. The van der Waals surface area contributed by atoms with E-state index in [2.05, 4.69) is 10.6 Å². The van der Waals surface area contributed by atoms with E-state index in [4.69, 9.17) is 5.26 Å². The van der Waals surface area contributed by atoms with Gasteiger partial charge >= 0.3 is 0 Å². The third-order valence-corrected chi connectivity index (χ3v) is 3.02. The van der Waals surface area contributed by atoms with E-state index in [9.17, 15) is 19.8 Å². The topological polar surface area (TPSA) is 122 Å². The Morgan fingerprint density at radius 1 is 1.25 bits per heavy atom. The summed E-state index contributed by atoms with van der Waals surface area (Å²) in [6.07, 6.45) is 1.41. The van der Waals surface area contributed by atoms with E-state index in [1.165, 1.54) is 24.3 Å². The van der Waals surface area contributed by atoms with Crippen LogP contribution in [0.4, 0.5) is 0 Å². The Bertz CT molecular complexity index is 675. The first-order valence-electron chi connectivity index (χ1n) is 7.52. The van der Waals surface area contributed by atoms with Crippen molar-refractivity contribution >= 4 is 17.9 Å². The van der Waals surface area contributed by atoms with Crippen molar-refractivity contribution in [2.75, 3.05) is 13.1 Å². The van der Waals surface area contributed by atoms with E-state index in [0.29, 0.717) is 18.0 Å². The van der Waals surface area contributed by atoms with Gasteiger partial charge in [-0.25, -0.2) is 0 Å². The molecule has 0 saturated heterocycles. The highest BCUT2D eigenvalue weighted by molar-refractivity contribution is 6.01. The van der Waals surface area contributed by atoms with Gasteiger partial charge in [-0.3, -0.25) is 9.59 Å². The van der Waals surface area contributed by atoms with Crippen LogP contribution in [0.5, 0.6) is 11.5 Å². The molecule has 0 spiro atoms. The zero-order valence-corrected chi connectivity index (χ0v) is 13.7. The lowest BCUT2D eigenvalue weighted by Crippen LogP contribution is -2.32. The van der Waals surface area contributed by atoms with E-state index in [-0.39, 0.29) is 35.9 Å². The number of hydrogen-bond acceptors (Lipinski definition) is 5. The highest BCUT2D eigenvalue weighted by Gasteiger charge is 2.10. The summed E-state index contributed by atoms with van der Waals surface area (Å²) in [5.74, 6) is -1.07. The van der Waals surface area contributed by atoms with Crippen molar-refractivity contribution in [1.82, 2.24) is 10.6 Å². The Hall–Kier alpha value is -3.01. The number of amides is 2. The molecule has 4 N–H and O–H groups in total. The van der Waals surface area contributed by atoms with Gasteiger partial charge in [-0.15, -0.1) is 0 Å². The van der Waals surface area contributed by atoms with Crippen LogP contribution in [-0.4, -0.2) is 35.1 Å². The van der Waals surface area contributed by atoms with E-state index < -0.39 is 5.91 Å². The quantitative estimate of drug-likeness (QED) is 0.340. The minimum atomic E-state index is -0.610. The van der Waals surface area contributed by atoms with Crippen LogP contribution in [0.15, 0.2) is 23.8 Å². The van der Waals surface area contributed by atoms with Gasteiger partial charge in [0.15, 0.2) is 11.5 Å². The molecular weight excluding hydrogens is 310 g/mol. The molecule has 1 aromatic rings. The molecule has 0 bridgehead atoms. The lowest BCUT2D eigenvalue weighted by molar-refractivity contribution is -0.121. The van der Waals surface area contributed by atoms with E-state index in [0.717, 1.165) is 0 Å².